The summed E-state index contributed by atoms with van der Waals surface area (Å²) in [6.07, 6.45) is 5.77. The van der Waals surface area contributed by atoms with E-state index in [0.29, 0.717) is 0 Å². The lowest BCUT2D eigenvalue weighted by molar-refractivity contribution is 0.181. The third kappa shape index (κ3) is 0.983. The van der Waals surface area contributed by atoms with Crippen LogP contribution in [-0.2, 0) is 4.74 Å². The smallest absolute Gasteiger partial charge is 0.0497 e. The molecule has 52 valence electrons. The minimum atomic E-state index is 0.943. The minimum absolute atomic E-state index is 0.943. The van der Waals surface area contributed by atoms with Gasteiger partial charge >= 0.3 is 0 Å². The average molecular weight is 126 g/mol. The van der Waals surface area contributed by atoms with Crippen molar-refractivity contribution >= 4 is 0 Å². The number of fused-ring (bicyclic) bond motifs is 1. The van der Waals surface area contributed by atoms with Gasteiger partial charge in [0.2, 0.25) is 0 Å². The molecule has 0 unspecified atom stereocenters. The van der Waals surface area contributed by atoms with Crippen LogP contribution in [0, 0.1) is 11.8 Å². The number of hydrogen-bond donors (Lipinski definition) is 0. The maximum absolute atomic E-state index is 5.39. The Hall–Kier alpha value is -0.0400. The highest BCUT2D eigenvalue weighted by molar-refractivity contribution is 4.78. The lowest BCUT2D eigenvalue weighted by Gasteiger charge is -2.22. The fourth-order valence-corrected chi connectivity index (χ4v) is 2.09. The highest BCUT2D eigenvalue weighted by Crippen LogP contribution is 2.34. The van der Waals surface area contributed by atoms with Crippen molar-refractivity contribution in [2.75, 3.05) is 13.2 Å². The van der Waals surface area contributed by atoms with Gasteiger partial charge in [0.05, 0.1) is 0 Å². The standard InChI is InChI=1S/C8H14O/c1-2-4-8-6-9-5-7(8)3-1/h7-8H,1-6H2/t7-,8-/m1/s1. The van der Waals surface area contributed by atoms with E-state index in [1.807, 2.05) is 0 Å². The molecular weight excluding hydrogens is 112 g/mol. The van der Waals surface area contributed by atoms with Crippen LogP contribution in [0.5, 0.6) is 0 Å². The highest BCUT2D eigenvalue weighted by Gasteiger charge is 2.29. The molecule has 0 aromatic rings. The van der Waals surface area contributed by atoms with E-state index in [4.69, 9.17) is 4.74 Å². The molecule has 2 atom stereocenters. The monoisotopic (exact) mass is 126 g/mol. The topological polar surface area (TPSA) is 9.23 Å². The molecule has 1 nitrogen and oxygen atoms in total. The Kier molecular flexibility index (Phi) is 1.46. The van der Waals surface area contributed by atoms with E-state index in [1.165, 1.54) is 25.7 Å². The van der Waals surface area contributed by atoms with Gasteiger partial charge in [-0.05, 0) is 24.7 Å². The lowest BCUT2D eigenvalue weighted by atomic mass is 9.82. The fourth-order valence-electron chi connectivity index (χ4n) is 2.09. The summed E-state index contributed by atoms with van der Waals surface area (Å²) < 4.78 is 5.39. The van der Waals surface area contributed by atoms with Gasteiger partial charge in [-0.3, -0.25) is 0 Å². The lowest BCUT2D eigenvalue weighted by Crippen LogP contribution is -2.16. The van der Waals surface area contributed by atoms with Gasteiger partial charge in [-0.2, -0.15) is 0 Å². The Morgan fingerprint density at radius 2 is 1.44 bits per heavy atom. The van der Waals surface area contributed by atoms with Crippen LogP contribution in [0.4, 0.5) is 0 Å². The normalized spacial score (nSPS) is 42.7. The summed E-state index contributed by atoms with van der Waals surface area (Å²) in [5, 5.41) is 0. The summed E-state index contributed by atoms with van der Waals surface area (Å²) in [4.78, 5) is 0. The van der Waals surface area contributed by atoms with Crippen LogP contribution in [0.3, 0.4) is 0 Å². The molecule has 1 aliphatic carbocycles. The van der Waals surface area contributed by atoms with Crippen molar-refractivity contribution in [3.05, 3.63) is 0 Å². The maximum Gasteiger partial charge on any atom is 0.0497 e. The second kappa shape index (κ2) is 2.30. The first-order valence-electron chi connectivity index (χ1n) is 4.04. The average Bonchev–Trinajstić information content (AvgIpc) is 2.33. The van der Waals surface area contributed by atoms with Crippen molar-refractivity contribution in [3.8, 4) is 0 Å². The Morgan fingerprint density at radius 3 is 2.00 bits per heavy atom. The SMILES string of the molecule is C1CC[C@@H]2COC[C@H]2C1. The van der Waals surface area contributed by atoms with Crippen LogP contribution in [-0.4, -0.2) is 13.2 Å². The van der Waals surface area contributed by atoms with E-state index >= 15 is 0 Å². The number of hydrogen-bond acceptors (Lipinski definition) is 1. The molecule has 2 aliphatic rings. The van der Waals surface area contributed by atoms with Gasteiger partial charge in [-0.1, -0.05) is 12.8 Å². The molecule has 1 saturated carbocycles. The molecule has 1 saturated heterocycles. The van der Waals surface area contributed by atoms with Crippen molar-refractivity contribution in [1.29, 1.82) is 0 Å². The first-order chi connectivity index (χ1) is 4.47. The van der Waals surface area contributed by atoms with Crippen molar-refractivity contribution in [3.63, 3.8) is 0 Å². The van der Waals surface area contributed by atoms with Crippen molar-refractivity contribution in [2.24, 2.45) is 11.8 Å². The summed E-state index contributed by atoms with van der Waals surface area (Å²) >= 11 is 0. The molecule has 0 aromatic heterocycles. The third-order valence-corrected chi connectivity index (χ3v) is 2.73. The molecule has 0 spiro atoms. The van der Waals surface area contributed by atoms with E-state index in [9.17, 15) is 0 Å². The van der Waals surface area contributed by atoms with Gasteiger partial charge in [0.15, 0.2) is 0 Å². The molecule has 2 rings (SSSR count). The van der Waals surface area contributed by atoms with Crippen LogP contribution in [0.2, 0.25) is 0 Å². The molecule has 0 bridgehead atoms. The molecule has 0 N–H and O–H groups in total. The Balaban J connectivity index is 1.97. The van der Waals surface area contributed by atoms with Crippen molar-refractivity contribution in [2.45, 2.75) is 25.7 Å². The van der Waals surface area contributed by atoms with Crippen LogP contribution in [0.15, 0.2) is 0 Å². The Bertz CT molecular complexity index is 88.7. The second-order valence-corrected chi connectivity index (χ2v) is 3.34. The molecule has 2 fully saturated rings. The molecule has 9 heavy (non-hydrogen) atoms. The molecule has 1 heterocycles. The van der Waals surface area contributed by atoms with E-state index in [0.717, 1.165) is 25.0 Å². The Morgan fingerprint density at radius 1 is 0.889 bits per heavy atom. The molecule has 1 heteroatoms. The first kappa shape index (κ1) is 5.72. The minimum Gasteiger partial charge on any atom is -0.381 e. The number of rotatable bonds is 0. The predicted octanol–water partition coefficient (Wildman–Crippen LogP) is 1.82. The van der Waals surface area contributed by atoms with Gasteiger partial charge in [-0.25, -0.2) is 0 Å². The number of ether oxygens (including phenoxy) is 1. The zero-order valence-electron chi connectivity index (χ0n) is 5.81. The van der Waals surface area contributed by atoms with Crippen molar-refractivity contribution in [1.82, 2.24) is 0 Å². The van der Waals surface area contributed by atoms with Crippen LogP contribution >= 0.6 is 0 Å². The summed E-state index contributed by atoms with van der Waals surface area (Å²) in [5.74, 6) is 1.89. The van der Waals surface area contributed by atoms with Gasteiger partial charge in [0.1, 0.15) is 0 Å². The summed E-state index contributed by atoms with van der Waals surface area (Å²) in [6, 6.07) is 0. The van der Waals surface area contributed by atoms with E-state index in [1.54, 1.807) is 0 Å². The molecule has 0 radical (unpaired) electrons. The third-order valence-electron chi connectivity index (χ3n) is 2.73. The van der Waals surface area contributed by atoms with Crippen LogP contribution in [0.25, 0.3) is 0 Å². The zero-order chi connectivity index (χ0) is 6.10. The summed E-state index contributed by atoms with van der Waals surface area (Å²) in [6.45, 7) is 2.12. The van der Waals surface area contributed by atoms with E-state index < -0.39 is 0 Å². The molecule has 1 aliphatic heterocycles. The molecule has 0 amide bonds. The molecular formula is C8H14O. The van der Waals surface area contributed by atoms with E-state index in [-0.39, 0.29) is 0 Å². The molecule has 0 aromatic carbocycles. The largest absolute Gasteiger partial charge is 0.381 e. The quantitative estimate of drug-likeness (QED) is 0.481. The van der Waals surface area contributed by atoms with E-state index in [2.05, 4.69) is 0 Å². The van der Waals surface area contributed by atoms with Crippen LogP contribution in [0.1, 0.15) is 25.7 Å². The van der Waals surface area contributed by atoms with Gasteiger partial charge in [-0.15, -0.1) is 0 Å². The van der Waals surface area contributed by atoms with Crippen molar-refractivity contribution < 1.29 is 4.74 Å². The maximum atomic E-state index is 5.39. The zero-order valence-corrected chi connectivity index (χ0v) is 5.81. The first-order valence-corrected chi connectivity index (χ1v) is 4.04. The van der Waals surface area contributed by atoms with Gasteiger partial charge in [0, 0.05) is 13.2 Å². The Labute approximate surface area is 56.4 Å². The van der Waals surface area contributed by atoms with Crippen LogP contribution < -0.4 is 0 Å². The summed E-state index contributed by atoms with van der Waals surface area (Å²) in [7, 11) is 0. The van der Waals surface area contributed by atoms with Gasteiger partial charge < -0.3 is 4.74 Å². The van der Waals surface area contributed by atoms with Gasteiger partial charge in [0.25, 0.3) is 0 Å². The fraction of sp³-hybridized carbons (Fsp3) is 1.00. The predicted molar refractivity (Wildman–Crippen MR) is 36.3 cm³/mol. The summed E-state index contributed by atoms with van der Waals surface area (Å²) in [5.41, 5.74) is 0. The second-order valence-electron chi connectivity index (χ2n) is 3.34. The highest BCUT2D eigenvalue weighted by atomic mass is 16.5.